The zero-order valence-electron chi connectivity index (χ0n) is 12.3. The van der Waals surface area contributed by atoms with Crippen molar-refractivity contribution in [1.29, 1.82) is 0 Å². The minimum atomic E-state index is -0.761. The zero-order valence-corrected chi connectivity index (χ0v) is 12.3. The van der Waals surface area contributed by atoms with Crippen LogP contribution >= 0.6 is 0 Å². The van der Waals surface area contributed by atoms with E-state index in [1.807, 2.05) is 18.7 Å². The van der Waals surface area contributed by atoms with Crippen LogP contribution in [0.5, 0.6) is 0 Å². The summed E-state index contributed by atoms with van der Waals surface area (Å²) < 4.78 is 0. The summed E-state index contributed by atoms with van der Waals surface area (Å²) in [6.07, 6.45) is 1.62. The number of aryl methyl sites for hydroxylation is 1. The lowest BCUT2D eigenvalue weighted by atomic mass is 9.76. The van der Waals surface area contributed by atoms with Gasteiger partial charge < -0.3 is 10.0 Å². The zero-order chi connectivity index (χ0) is 15.6. The number of nitrogens with zero attached hydrogens (tertiary/aromatic N) is 2. The molecule has 1 N–H and O–H groups in total. The predicted octanol–water partition coefficient (Wildman–Crippen LogP) is 2.98. The highest BCUT2D eigenvalue weighted by atomic mass is 16.6. The molecular weight excluding hydrogens is 272 g/mol. The molecule has 0 atom stereocenters. The van der Waals surface area contributed by atoms with E-state index in [1.165, 1.54) is 6.07 Å². The lowest BCUT2D eigenvalue weighted by Gasteiger charge is -2.39. The highest BCUT2D eigenvalue weighted by Gasteiger charge is 2.40. The molecule has 0 radical (unpaired) electrons. The number of piperidine rings is 1. The van der Waals surface area contributed by atoms with Crippen molar-refractivity contribution in [3.63, 3.8) is 0 Å². The second kappa shape index (κ2) is 5.71. The summed E-state index contributed by atoms with van der Waals surface area (Å²) in [7, 11) is 0. The van der Waals surface area contributed by atoms with Crippen LogP contribution in [0.3, 0.4) is 0 Å². The summed E-state index contributed by atoms with van der Waals surface area (Å²) >= 11 is 0. The summed E-state index contributed by atoms with van der Waals surface area (Å²) in [6, 6.07) is 5.04. The third kappa shape index (κ3) is 2.84. The lowest BCUT2D eigenvalue weighted by Crippen LogP contribution is -2.44. The quantitative estimate of drug-likeness (QED) is 0.681. The van der Waals surface area contributed by atoms with Crippen molar-refractivity contribution >= 4 is 17.3 Å². The number of nitro benzene ring substituents is 1. The van der Waals surface area contributed by atoms with Gasteiger partial charge in [0.2, 0.25) is 0 Å². The van der Waals surface area contributed by atoms with E-state index >= 15 is 0 Å². The molecule has 0 amide bonds. The van der Waals surface area contributed by atoms with Crippen LogP contribution in [0.2, 0.25) is 0 Å². The number of carboxylic acids is 1. The van der Waals surface area contributed by atoms with E-state index in [0.717, 1.165) is 5.56 Å². The van der Waals surface area contributed by atoms with Crippen molar-refractivity contribution in [2.75, 3.05) is 18.0 Å². The fraction of sp³-hybridized carbons (Fsp3) is 0.533. The van der Waals surface area contributed by atoms with Crippen molar-refractivity contribution in [1.82, 2.24) is 0 Å². The Kier molecular flexibility index (Phi) is 4.16. The standard InChI is InChI=1S/C15H20N2O4/c1-3-15(14(18)19)6-8-16(9-7-15)13-10-11(2)4-5-12(13)17(20)21/h4-5,10H,3,6-9H2,1-2H3,(H,18,19). The fourth-order valence-electron chi connectivity index (χ4n) is 2.94. The molecule has 2 rings (SSSR count). The summed E-state index contributed by atoms with van der Waals surface area (Å²) in [5.41, 5.74) is 0.950. The van der Waals surface area contributed by atoms with E-state index in [9.17, 15) is 20.0 Å². The van der Waals surface area contributed by atoms with Crippen molar-refractivity contribution in [2.24, 2.45) is 5.41 Å². The van der Waals surface area contributed by atoms with Crippen molar-refractivity contribution in [3.05, 3.63) is 33.9 Å². The molecule has 0 saturated carbocycles. The molecule has 21 heavy (non-hydrogen) atoms. The van der Waals surface area contributed by atoms with Gasteiger partial charge in [-0.25, -0.2) is 0 Å². The Labute approximate surface area is 123 Å². The number of aliphatic carboxylic acids is 1. The predicted molar refractivity (Wildman–Crippen MR) is 79.6 cm³/mol. The molecule has 0 spiro atoms. The minimum absolute atomic E-state index is 0.0833. The first kappa shape index (κ1) is 15.3. The highest BCUT2D eigenvalue weighted by Crippen LogP contribution is 2.39. The average Bonchev–Trinajstić information content (AvgIpc) is 2.46. The van der Waals surface area contributed by atoms with Crippen molar-refractivity contribution in [2.45, 2.75) is 33.1 Å². The molecule has 0 bridgehead atoms. The third-order valence-electron chi connectivity index (χ3n) is 4.52. The Morgan fingerprint density at radius 3 is 2.52 bits per heavy atom. The third-order valence-corrected chi connectivity index (χ3v) is 4.52. The molecule has 1 heterocycles. The van der Waals surface area contributed by atoms with E-state index in [0.29, 0.717) is 38.0 Å². The summed E-state index contributed by atoms with van der Waals surface area (Å²) in [5, 5.41) is 20.6. The Bertz CT molecular complexity index is 563. The second-order valence-electron chi connectivity index (χ2n) is 5.68. The molecule has 114 valence electrons. The first-order chi connectivity index (χ1) is 9.89. The van der Waals surface area contributed by atoms with Gasteiger partial charge in [0.05, 0.1) is 10.3 Å². The number of benzene rings is 1. The SMILES string of the molecule is CCC1(C(=O)O)CCN(c2cc(C)ccc2[N+](=O)[O-])CC1. The van der Waals surface area contributed by atoms with E-state index in [1.54, 1.807) is 12.1 Å². The molecule has 1 aromatic carbocycles. The van der Waals surface area contributed by atoms with E-state index in [2.05, 4.69) is 0 Å². The van der Waals surface area contributed by atoms with E-state index in [-0.39, 0.29) is 10.6 Å². The number of nitro groups is 1. The van der Waals surface area contributed by atoms with Gasteiger partial charge in [0.25, 0.3) is 5.69 Å². The van der Waals surface area contributed by atoms with Crippen LogP contribution in [-0.2, 0) is 4.79 Å². The minimum Gasteiger partial charge on any atom is -0.481 e. The Morgan fingerprint density at radius 1 is 1.43 bits per heavy atom. The largest absolute Gasteiger partial charge is 0.481 e. The monoisotopic (exact) mass is 292 g/mol. The molecule has 1 fully saturated rings. The van der Waals surface area contributed by atoms with E-state index < -0.39 is 11.4 Å². The van der Waals surface area contributed by atoms with Crippen LogP contribution in [0.1, 0.15) is 31.7 Å². The number of anilines is 1. The van der Waals surface area contributed by atoms with E-state index in [4.69, 9.17) is 0 Å². The summed E-state index contributed by atoms with van der Waals surface area (Å²) in [5.74, 6) is -0.761. The molecule has 1 saturated heterocycles. The van der Waals surface area contributed by atoms with Crippen LogP contribution in [-0.4, -0.2) is 29.1 Å². The maximum absolute atomic E-state index is 11.5. The lowest BCUT2D eigenvalue weighted by molar-refractivity contribution is -0.384. The maximum Gasteiger partial charge on any atom is 0.309 e. The molecule has 1 aliphatic heterocycles. The van der Waals surface area contributed by atoms with Gasteiger partial charge in [-0.1, -0.05) is 13.0 Å². The number of carboxylic acid groups (broad SMARTS) is 1. The van der Waals surface area contributed by atoms with Gasteiger partial charge >= 0.3 is 5.97 Å². The molecule has 0 aromatic heterocycles. The van der Waals surface area contributed by atoms with Crippen LogP contribution < -0.4 is 4.90 Å². The Balaban J connectivity index is 2.25. The normalized spacial score (nSPS) is 17.5. The van der Waals surface area contributed by atoms with Gasteiger partial charge in [-0.2, -0.15) is 0 Å². The summed E-state index contributed by atoms with van der Waals surface area (Å²) in [4.78, 5) is 24.2. The first-order valence-corrected chi connectivity index (χ1v) is 7.13. The fourth-order valence-corrected chi connectivity index (χ4v) is 2.94. The number of rotatable bonds is 4. The number of carbonyl (C=O) groups is 1. The maximum atomic E-state index is 11.5. The molecular formula is C15H20N2O4. The highest BCUT2D eigenvalue weighted by molar-refractivity contribution is 5.75. The average molecular weight is 292 g/mol. The topological polar surface area (TPSA) is 83.7 Å². The first-order valence-electron chi connectivity index (χ1n) is 7.13. The van der Waals surface area contributed by atoms with Crippen LogP contribution in [0.4, 0.5) is 11.4 Å². The smallest absolute Gasteiger partial charge is 0.309 e. The molecule has 6 heteroatoms. The number of hydrogen-bond acceptors (Lipinski definition) is 4. The molecule has 0 unspecified atom stereocenters. The van der Waals surface area contributed by atoms with Gasteiger partial charge in [-0.15, -0.1) is 0 Å². The second-order valence-corrected chi connectivity index (χ2v) is 5.68. The Morgan fingerprint density at radius 2 is 2.05 bits per heavy atom. The van der Waals surface area contributed by atoms with Crippen LogP contribution in [0, 0.1) is 22.5 Å². The molecule has 1 aliphatic rings. The van der Waals surface area contributed by atoms with Gasteiger partial charge in [0.1, 0.15) is 5.69 Å². The molecule has 0 aliphatic carbocycles. The van der Waals surface area contributed by atoms with Crippen molar-refractivity contribution in [3.8, 4) is 0 Å². The van der Waals surface area contributed by atoms with Crippen molar-refractivity contribution < 1.29 is 14.8 Å². The molecule has 6 nitrogen and oxygen atoms in total. The van der Waals surface area contributed by atoms with Gasteiger partial charge in [0.15, 0.2) is 0 Å². The van der Waals surface area contributed by atoms with Crippen LogP contribution in [0.15, 0.2) is 18.2 Å². The van der Waals surface area contributed by atoms with Gasteiger partial charge in [-0.3, -0.25) is 14.9 Å². The van der Waals surface area contributed by atoms with Gasteiger partial charge in [-0.05, 0) is 37.8 Å². The molecule has 1 aromatic rings. The van der Waals surface area contributed by atoms with Gasteiger partial charge in [0, 0.05) is 19.2 Å². The summed E-state index contributed by atoms with van der Waals surface area (Å²) in [6.45, 7) is 4.85. The van der Waals surface area contributed by atoms with Crippen LogP contribution in [0.25, 0.3) is 0 Å². The Hall–Kier alpha value is -2.11. The number of hydrogen-bond donors (Lipinski definition) is 1.